The average Bonchev–Trinajstić information content (AvgIpc) is 2.71. The van der Waals surface area contributed by atoms with E-state index in [-0.39, 0.29) is 5.78 Å². The Morgan fingerprint density at radius 1 is 1.03 bits per heavy atom. The van der Waals surface area contributed by atoms with E-state index in [4.69, 9.17) is 0 Å². The summed E-state index contributed by atoms with van der Waals surface area (Å²) in [6, 6.07) is 13.5. The van der Waals surface area contributed by atoms with Crippen LogP contribution in [0.25, 0.3) is 0 Å². The molecule has 0 unspecified atom stereocenters. The van der Waals surface area contributed by atoms with Crippen molar-refractivity contribution < 1.29 is 4.79 Å². The SMILES string of the molecule is CCN(CC)c1ccc(Nc2cnnc(Nc3ccc(C(C)=O)cc3)n2)c(C)c1. The van der Waals surface area contributed by atoms with Crippen molar-refractivity contribution in [1.82, 2.24) is 15.2 Å². The van der Waals surface area contributed by atoms with Gasteiger partial charge in [0.15, 0.2) is 11.6 Å². The number of nitrogens with zero attached hydrogens (tertiary/aromatic N) is 4. The van der Waals surface area contributed by atoms with Crippen LogP contribution >= 0.6 is 0 Å². The van der Waals surface area contributed by atoms with Gasteiger partial charge in [0.1, 0.15) is 0 Å². The molecule has 150 valence electrons. The van der Waals surface area contributed by atoms with Crippen LogP contribution in [0.5, 0.6) is 0 Å². The van der Waals surface area contributed by atoms with Gasteiger partial charge in [-0.25, -0.2) is 0 Å². The summed E-state index contributed by atoms with van der Waals surface area (Å²) in [5.41, 5.74) is 4.75. The number of rotatable bonds is 8. The van der Waals surface area contributed by atoms with Crippen LogP contribution in [0, 0.1) is 6.92 Å². The van der Waals surface area contributed by atoms with Crippen LogP contribution in [0.4, 0.5) is 28.8 Å². The van der Waals surface area contributed by atoms with Crippen molar-refractivity contribution in [2.24, 2.45) is 0 Å². The van der Waals surface area contributed by atoms with Gasteiger partial charge in [-0.1, -0.05) is 0 Å². The minimum Gasteiger partial charge on any atom is -0.372 e. The Morgan fingerprint density at radius 3 is 2.38 bits per heavy atom. The first-order chi connectivity index (χ1) is 14.0. The molecule has 0 spiro atoms. The molecule has 0 saturated carbocycles. The summed E-state index contributed by atoms with van der Waals surface area (Å²) in [6.07, 6.45) is 1.59. The molecule has 0 amide bonds. The van der Waals surface area contributed by atoms with E-state index in [0.29, 0.717) is 17.3 Å². The number of aromatic nitrogens is 3. The van der Waals surface area contributed by atoms with E-state index >= 15 is 0 Å². The minimum atomic E-state index is 0.0306. The predicted octanol–water partition coefficient (Wildman–Crippen LogP) is 4.72. The molecule has 3 aromatic rings. The molecule has 2 aromatic carbocycles. The molecule has 1 aromatic heterocycles. The van der Waals surface area contributed by atoms with Crippen molar-refractivity contribution in [1.29, 1.82) is 0 Å². The van der Waals surface area contributed by atoms with Crippen molar-refractivity contribution in [3.05, 3.63) is 59.8 Å². The maximum atomic E-state index is 11.4. The van der Waals surface area contributed by atoms with Gasteiger partial charge in [0, 0.05) is 35.7 Å². The molecule has 0 aliphatic heterocycles. The maximum absolute atomic E-state index is 11.4. The van der Waals surface area contributed by atoms with Gasteiger partial charge < -0.3 is 15.5 Å². The Hall–Kier alpha value is -3.48. The molecule has 2 N–H and O–H groups in total. The first-order valence-corrected chi connectivity index (χ1v) is 9.70. The second kappa shape index (κ2) is 9.14. The molecule has 0 bridgehead atoms. The number of ketones is 1. The Morgan fingerprint density at radius 2 is 1.76 bits per heavy atom. The number of nitrogens with one attached hydrogen (secondary N) is 2. The van der Waals surface area contributed by atoms with Crippen molar-refractivity contribution in [3.8, 4) is 0 Å². The molecule has 7 nitrogen and oxygen atoms in total. The summed E-state index contributed by atoms with van der Waals surface area (Å²) < 4.78 is 0. The Balaban J connectivity index is 1.73. The normalized spacial score (nSPS) is 10.5. The number of aryl methyl sites for hydroxylation is 1. The zero-order valence-electron chi connectivity index (χ0n) is 17.2. The topological polar surface area (TPSA) is 83.0 Å². The van der Waals surface area contributed by atoms with E-state index in [1.165, 1.54) is 5.69 Å². The van der Waals surface area contributed by atoms with Gasteiger partial charge >= 0.3 is 0 Å². The Labute approximate surface area is 171 Å². The van der Waals surface area contributed by atoms with E-state index < -0.39 is 0 Å². The summed E-state index contributed by atoms with van der Waals surface area (Å²) in [4.78, 5) is 18.2. The molecule has 0 fully saturated rings. The van der Waals surface area contributed by atoms with Crippen LogP contribution in [0.1, 0.15) is 36.7 Å². The monoisotopic (exact) mass is 390 g/mol. The molecule has 0 aliphatic carbocycles. The van der Waals surface area contributed by atoms with E-state index in [2.05, 4.69) is 69.7 Å². The average molecular weight is 390 g/mol. The van der Waals surface area contributed by atoms with Gasteiger partial charge in [-0.2, -0.15) is 10.1 Å². The summed E-state index contributed by atoms with van der Waals surface area (Å²) >= 11 is 0. The first kappa shape index (κ1) is 20.3. The van der Waals surface area contributed by atoms with E-state index in [1.54, 1.807) is 25.3 Å². The van der Waals surface area contributed by atoms with Crippen LogP contribution in [-0.2, 0) is 0 Å². The quantitative estimate of drug-likeness (QED) is 0.539. The zero-order chi connectivity index (χ0) is 20.8. The van der Waals surface area contributed by atoms with Crippen LogP contribution in [0.3, 0.4) is 0 Å². The first-order valence-electron chi connectivity index (χ1n) is 9.70. The number of carbonyl (C=O) groups excluding carboxylic acids is 1. The number of carbonyl (C=O) groups is 1. The second-order valence-electron chi connectivity index (χ2n) is 6.72. The van der Waals surface area contributed by atoms with Crippen molar-refractivity contribution in [2.45, 2.75) is 27.7 Å². The van der Waals surface area contributed by atoms with Crippen molar-refractivity contribution in [2.75, 3.05) is 28.6 Å². The lowest BCUT2D eigenvalue weighted by Gasteiger charge is -2.22. The lowest BCUT2D eigenvalue weighted by Crippen LogP contribution is -2.21. The number of hydrogen-bond acceptors (Lipinski definition) is 7. The third-order valence-corrected chi connectivity index (χ3v) is 4.71. The summed E-state index contributed by atoms with van der Waals surface area (Å²) in [5.74, 6) is 1.01. The highest BCUT2D eigenvalue weighted by Gasteiger charge is 2.07. The van der Waals surface area contributed by atoms with Gasteiger partial charge in [-0.3, -0.25) is 4.79 Å². The molecular weight excluding hydrogens is 364 g/mol. The van der Waals surface area contributed by atoms with Gasteiger partial charge in [-0.15, -0.1) is 5.10 Å². The van der Waals surface area contributed by atoms with Crippen LogP contribution in [0.2, 0.25) is 0 Å². The largest absolute Gasteiger partial charge is 0.372 e. The number of hydrogen-bond donors (Lipinski definition) is 2. The smallest absolute Gasteiger partial charge is 0.249 e. The van der Waals surface area contributed by atoms with Crippen molar-refractivity contribution >= 4 is 34.6 Å². The third-order valence-electron chi connectivity index (χ3n) is 4.71. The maximum Gasteiger partial charge on any atom is 0.249 e. The zero-order valence-corrected chi connectivity index (χ0v) is 17.2. The highest BCUT2D eigenvalue weighted by Crippen LogP contribution is 2.25. The summed E-state index contributed by atoms with van der Waals surface area (Å²) in [6.45, 7) is 9.86. The lowest BCUT2D eigenvalue weighted by atomic mass is 10.1. The van der Waals surface area contributed by atoms with Crippen molar-refractivity contribution in [3.63, 3.8) is 0 Å². The highest BCUT2D eigenvalue weighted by molar-refractivity contribution is 5.94. The second-order valence-corrected chi connectivity index (χ2v) is 6.72. The van der Waals surface area contributed by atoms with Gasteiger partial charge in [0.25, 0.3) is 0 Å². The molecule has 0 saturated heterocycles. The summed E-state index contributed by atoms with van der Waals surface area (Å²) in [5, 5.41) is 14.5. The fraction of sp³-hybridized carbons (Fsp3) is 0.273. The fourth-order valence-electron chi connectivity index (χ4n) is 3.05. The molecule has 0 atom stereocenters. The Bertz CT molecular complexity index is 983. The van der Waals surface area contributed by atoms with Crippen LogP contribution < -0.4 is 15.5 Å². The minimum absolute atomic E-state index is 0.0306. The number of benzene rings is 2. The predicted molar refractivity (Wildman–Crippen MR) is 118 cm³/mol. The lowest BCUT2D eigenvalue weighted by molar-refractivity contribution is 0.101. The molecule has 0 radical (unpaired) electrons. The summed E-state index contributed by atoms with van der Waals surface area (Å²) in [7, 11) is 0. The van der Waals surface area contributed by atoms with E-state index in [9.17, 15) is 4.79 Å². The molecule has 7 heteroatoms. The van der Waals surface area contributed by atoms with Gasteiger partial charge in [0.05, 0.1) is 6.20 Å². The Kier molecular flexibility index (Phi) is 6.39. The highest BCUT2D eigenvalue weighted by atomic mass is 16.1. The molecule has 29 heavy (non-hydrogen) atoms. The third kappa shape index (κ3) is 5.07. The fourth-order valence-corrected chi connectivity index (χ4v) is 3.05. The van der Waals surface area contributed by atoms with E-state index in [1.807, 2.05) is 12.1 Å². The molecular formula is C22H26N6O. The molecule has 0 aliphatic rings. The van der Waals surface area contributed by atoms with E-state index in [0.717, 1.165) is 30.0 Å². The van der Waals surface area contributed by atoms with Gasteiger partial charge in [0.2, 0.25) is 5.95 Å². The number of anilines is 5. The van der Waals surface area contributed by atoms with Gasteiger partial charge in [-0.05, 0) is 75.7 Å². The van der Waals surface area contributed by atoms with Crippen LogP contribution in [-0.4, -0.2) is 34.1 Å². The molecule has 3 rings (SSSR count). The molecule has 1 heterocycles. The standard InChI is InChI=1S/C22H26N6O/c1-5-28(6-2)19-11-12-20(15(3)13-19)25-21-14-23-27-22(26-21)24-18-9-7-17(8-10-18)16(4)29/h7-14H,5-6H2,1-4H3,(H2,24,25,26,27). The number of Topliss-reactive ketones (excluding diaryl/α,β-unsaturated/α-hetero) is 1. The van der Waals surface area contributed by atoms with Crippen LogP contribution in [0.15, 0.2) is 48.7 Å².